The Hall–Kier alpha value is -1.48. The molecule has 3 rings (SSSR count). The Bertz CT molecular complexity index is 538. The first-order valence-electron chi connectivity index (χ1n) is 6.17. The van der Waals surface area contributed by atoms with Crippen molar-refractivity contribution in [1.82, 2.24) is 4.98 Å². The average Bonchev–Trinajstić information content (AvgIpc) is 2.96. The van der Waals surface area contributed by atoms with Crippen molar-refractivity contribution in [1.29, 1.82) is 0 Å². The minimum Gasteiger partial charge on any atom is -0.496 e. The number of methoxy groups -OCH3 is 1. The molecule has 0 radical (unpaired) electrons. The number of aromatic nitrogens is 1. The lowest BCUT2D eigenvalue weighted by atomic mass is 9.88. The fourth-order valence-electron chi connectivity index (χ4n) is 2.88. The van der Waals surface area contributed by atoms with Crippen molar-refractivity contribution in [2.75, 3.05) is 7.11 Å². The first-order valence-corrected chi connectivity index (χ1v) is 6.17. The van der Waals surface area contributed by atoms with E-state index in [1.54, 1.807) is 7.11 Å². The number of H-pyrrole nitrogens is 1. The van der Waals surface area contributed by atoms with Crippen LogP contribution in [0, 0.1) is 0 Å². The second-order valence-electron chi connectivity index (χ2n) is 4.98. The van der Waals surface area contributed by atoms with Gasteiger partial charge in [0.15, 0.2) is 0 Å². The second kappa shape index (κ2) is 3.77. The molecule has 3 nitrogen and oxygen atoms in total. The zero-order valence-corrected chi connectivity index (χ0v) is 10.1. The summed E-state index contributed by atoms with van der Waals surface area (Å²) in [4.78, 5) is 3.24. The van der Waals surface area contributed by atoms with E-state index in [4.69, 9.17) is 10.5 Å². The van der Waals surface area contributed by atoms with Crippen LogP contribution >= 0.6 is 0 Å². The molecule has 0 saturated heterocycles. The summed E-state index contributed by atoms with van der Waals surface area (Å²) < 4.78 is 5.46. The number of hydrogen-bond donors (Lipinski definition) is 2. The third-order valence-electron chi connectivity index (χ3n) is 3.92. The molecule has 3 heteroatoms. The Labute approximate surface area is 101 Å². The summed E-state index contributed by atoms with van der Waals surface area (Å²) in [7, 11) is 1.71. The largest absolute Gasteiger partial charge is 0.496 e. The summed E-state index contributed by atoms with van der Waals surface area (Å²) in [5.74, 6) is 0.912. The summed E-state index contributed by atoms with van der Waals surface area (Å²) in [6, 6.07) is 6.31. The summed E-state index contributed by atoms with van der Waals surface area (Å²) in [6.07, 6.45) is 6.53. The van der Waals surface area contributed by atoms with Gasteiger partial charge in [-0.2, -0.15) is 0 Å². The van der Waals surface area contributed by atoms with Gasteiger partial charge in [-0.1, -0.05) is 12.8 Å². The van der Waals surface area contributed by atoms with Crippen molar-refractivity contribution in [3.8, 4) is 5.75 Å². The highest BCUT2D eigenvalue weighted by molar-refractivity contribution is 5.86. The predicted molar refractivity (Wildman–Crippen MR) is 69.2 cm³/mol. The van der Waals surface area contributed by atoms with Crippen LogP contribution in [0.25, 0.3) is 10.9 Å². The molecule has 17 heavy (non-hydrogen) atoms. The smallest absolute Gasteiger partial charge is 0.128 e. The van der Waals surface area contributed by atoms with Crippen molar-refractivity contribution in [2.45, 2.75) is 31.2 Å². The van der Waals surface area contributed by atoms with Gasteiger partial charge in [0.1, 0.15) is 5.75 Å². The first kappa shape index (κ1) is 10.7. The molecule has 0 spiro atoms. The summed E-state index contributed by atoms with van der Waals surface area (Å²) in [5, 5.41) is 1.12. The lowest BCUT2D eigenvalue weighted by molar-refractivity contribution is 0.413. The van der Waals surface area contributed by atoms with Crippen molar-refractivity contribution in [3.63, 3.8) is 0 Å². The Kier molecular flexibility index (Phi) is 2.37. The Balaban J connectivity index is 2.16. The molecule has 0 unspecified atom stereocenters. The number of benzene rings is 1. The van der Waals surface area contributed by atoms with Gasteiger partial charge in [0, 0.05) is 22.6 Å². The van der Waals surface area contributed by atoms with Crippen molar-refractivity contribution < 1.29 is 4.74 Å². The molecule has 90 valence electrons. The minimum atomic E-state index is -0.160. The lowest BCUT2D eigenvalue weighted by Gasteiger charge is -2.24. The molecule has 1 heterocycles. The van der Waals surface area contributed by atoms with Gasteiger partial charge in [0.25, 0.3) is 0 Å². The van der Waals surface area contributed by atoms with E-state index in [1.807, 2.05) is 12.3 Å². The Morgan fingerprint density at radius 3 is 2.76 bits per heavy atom. The van der Waals surface area contributed by atoms with Gasteiger partial charge < -0.3 is 15.5 Å². The standard InChI is InChI=1S/C14H18N2O/c1-17-13-9-10(14(15)5-2-3-6-14)8-12-11(13)4-7-16-12/h4,7-9,16H,2-3,5-6,15H2,1H3. The number of nitrogens with two attached hydrogens (primary N) is 1. The van der Waals surface area contributed by atoms with E-state index in [1.165, 1.54) is 18.4 Å². The zero-order chi connectivity index (χ0) is 11.9. The third kappa shape index (κ3) is 1.62. The molecule has 0 aliphatic heterocycles. The van der Waals surface area contributed by atoms with Gasteiger partial charge in [-0.25, -0.2) is 0 Å². The maximum atomic E-state index is 6.49. The van der Waals surface area contributed by atoms with Gasteiger partial charge in [-0.3, -0.25) is 0 Å². The van der Waals surface area contributed by atoms with Crippen molar-refractivity contribution in [3.05, 3.63) is 30.0 Å². The van der Waals surface area contributed by atoms with E-state index in [0.717, 1.165) is 29.5 Å². The molecule has 1 fully saturated rings. The number of ether oxygens (including phenoxy) is 1. The Morgan fingerprint density at radius 1 is 1.29 bits per heavy atom. The molecule has 3 N–H and O–H groups in total. The molecule has 1 aromatic carbocycles. The summed E-state index contributed by atoms with van der Waals surface area (Å²) in [5.41, 5.74) is 8.64. The normalized spacial score (nSPS) is 18.7. The molecular formula is C14H18N2O. The quantitative estimate of drug-likeness (QED) is 0.833. The fraction of sp³-hybridized carbons (Fsp3) is 0.429. The molecule has 1 saturated carbocycles. The zero-order valence-electron chi connectivity index (χ0n) is 10.1. The first-order chi connectivity index (χ1) is 8.23. The second-order valence-corrected chi connectivity index (χ2v) is 4.98. The van der Waals surface area contributed by atoms with Gasteiger partial charge in [-0.15, -0.1) is 0 Å². The van der Waals surface area contributed by atoms with Gasteiger partial charge in [0.2, 0.25) is 0 Å². The monoisotopic (exact) mass is 230 g/mol. The molecule has 1 aliphatic carbocycles. The van der Waals surface area contributed by atoms with Crippen LogP contribution in [0.15, 0.2) is 24.4 Å². The molecule has 1 aliphatic rings. The topological polar surface area (TPSA) is 51.0 Å². The maximum Gasteiger partial charge on any atom is 0.128 e. The van der Waals surface area contributed by atoms with Crippen LogP contribution < -0.4 is 10.5 Å². The third-order valence-corrected chi connectivity index (χ3v) is 3.92. The van der Waals surface area contributed by atoms with Crippen LogP contribution in [0.5, 0.6) is 5.75 Å². The summed E-state index contributed by atoms with van der Waals surface area (Å²) in [6.45, 7) is 0. The average molecular weight is 230 g/mol. The highest BCUT2D eigenvalue weighted by atomic mass is 16.5. The number of aromatic amines is 1. The van der Waals surface area contributed by atoms with E-state index in [-0.39, 0.29) is 5.54 Å². The van der Waals surface area contributed by atoms with E-state index >= 15 is 0 Å². The van der Waals surface area contributed by atoms with Crippen LogP contribution in [0.2, 0.25) is 0 Å². The maximum absolute atomic E-state index is 6.49. The van der Waals surface area contributed by atoms with Crippen LogP contribution in [0.1, 0.15) is 31.2 Å². The van der Waals surface area contributed by atoms with E-state index < -0.39 is 0 Å². The fourth-order valence-corrected chi connectivity index (χ4v) is 2.88. The van der Waals surface area contributed by atoms with Gasteiger partial charge >= 0.3 is 0 Å². The van der Waals surface area contributed by atoms with Crippen molar-refractivity contribution >= 4 is 10.9 Å². The molecular weight excluding hydrogens is 212 g/mol. The molecule has 0 bridgehead atoms. The minimum absolute atomic E-state index is 0.160. The Morgan fingerprint density at radius 2 is 2.06 bits per heavy atom. The van der Waals surface area contributed by atoms with E-state index in [0.29, 0.717) is 0 Å². The van der Waals surface area contributed by atoms with Gasteiger partial charge in [-0.05, 0) is 36.6 Å². The number of fused-ring (bicyclic) bond motifs is 1. The van der Waals surface area contributed by atoms with Crippen LogP contribution in [-0.4, -0.2) is 12.1 Å². The molecule has 0 amide bonds. The molecule has 2 aromatic rings. The highest BCUT2D eigenvalue weighted by Crippen LogP contribution is 2.39. The SMILES string of the molecule is COc1cc(C2(N)CCCC2)cc2[nH]ccc12. The predicted octanol–water partition coefficient (Wildman–Crippen LogP) is 2.90. The summed E-state index contributed by atoms with van der Waals surface area (Å²) >= 11 is 0. The van der Waals surface area contributed by atoms with Crippen LogP contribution in [-0.2, 0) is 5.54 Å². The number of nitrogens with one attached hydrogen (secondary N) is 1. The molecule has 1 aromatic heterocycles. The number of rotatable bonds is 2. The van der Waals surface area contributed by atoms with Crippen LogP contribution in [0.4, 0.5) is 0 Å². The van der Waals surface area contributed by atoms with Crippen molar-refractivity contribution in [2.24, 2.45) is 5.73 Å². The highest BCUT2D eigenvalue weighted by Gasteiger charge is 2.32. The van der Waals surface area contributed by atoms with Crippen LogP contribution in [0.3, 0.4) is 0 Å². The molecule has 0 atom stereocenters. The lowest BCUT2D eigenvalue weighted by Crippen LogP contribution is -2.33. The van der Waals surface area contributed by atoms with E-state index in [2.05, 4.69) is 17.1 Å². The number of hydrogen-bond acceptors (Lipinski definition) is 2. The van der Waals surface area contributed by atoms with E-state index in [9.17, 15) is 0 Å². The van der Waals surface area contributed by atoms with Gasteiger partial charge in [0.05, 0.1) is 7.11 Å².